The van der Waals surface area contributed by atoms with Gasteiger partial charge in [-0.15, -0.1) is 11.3 Å². The first-order valence-corrected chi connectivity index (χ1v) is 9.28. The number of hydrogen-bond acceptors (Lipinski definition) is 7. The third kappa shape index (κ3) is 2.31. The predicted octanol–water partition coefficient (Wildman–Crippen LogP) is 2.99. The van der Waals surface area contributed by atoms with Gasteiger partial charge in [-0.05, 0) is 18.9 Å². The Balaban J connectivity index is 1.53. The molecule has 2 aliphatic rings. The number of thiazole rings is 1. The maximum atomic E-state index is 11.4. The SMILES string of the molecule is O=C(O)N1C2CCC1CN(c1nc3cc(O)cc(-c4nccs4)c3o1)C2. The molecule has 2 atom stereocenters. The number of carboxylic acid groups (broad SMARTS) is 1. The molecule has 2 N–H and O–H groups in total. The number of carbonyl (C=O) groups is 1. The third-order valence-electron chi connectivity index (χ3n) is 5.10. The van der Waals surface area contributed by atoms with Gasteiger partial charge in [0.2, 0.25) is 0 Å². The zero-order valence-electron chi connectivity index (χ0n) is 13.7. The summed E-state index contributed by atoms with van der Waals surface area (Å²) in [6, 6.07) is 3.59. The van der Waals surface area contributed by atoms with E-state index in [0.29, 0.717) is 35.8 Å². The number of oxazole rings is 1. The predicted molar refractivity (Wildman–Crippen MR) is 95.7 cm³/mol. The number of aromatic nitrogens is 2. The van der Waals surface area contributed by atoms with Gasteiger partial charge in [0.25, 0.3) is 6.01 Å². The summed E-state index contributed by atoms with van der Waals surface area (Å²) >= 11 is 1.46. The van der Waals surface area contributed by atoms with E-state index in [4.69, 9.17) is 4.42 Å². The Bertz CT molecular complexity index is 972. The second kappa shape index (κ2) is 5.60. The fraction of sp³-hybridized carbons (Fsp3) is 0.353. The molecule has 26 heavy (non-hydrogen) atoms. The summed E-state index contributed by atoms with van der Waals surface area (Å²) in [7, 11) is 0. The normalized spacial score (nSPS) is 22.3. The summed E-state index contributed by atoms with van der Waals surface area (Å²) in [6.07, 6.45) is 2.57. The van der Waals surface area contributed by atoms with Crippen molar-refractivity contribution in [1.82, 2.24) is 14.9 Å². The van der Waals surface area contributed by atoms with E-state index in [1.54, 1.807) is 23.2 Å². The Morgan fingerprint density at radius 1 is 1.27 bits per heavy atom. The molecule has 134 valence electrons. The molecular weight excluding hydrogens is 356 g/mol. The lowest BCUT2D eigenvalue weighted by Crippen LogP contribution is -2.55. The van der Waals surface area contributed by atoms with Gasteiger partial charge in [0, 0.05) is 30.7 Å². The van der Waals surface area contributed by atoms with Gasteiger partial charge >= 0.3 is 6.09 Å². The number of amides is 1. The third-order valence-corrected chi connectivity index (χ3v) is 5.91. The molecule has 0 radical (unpaired) electrons. The first kappa shape index (κ1) is 15.4. The van der Waals surface area contributed by atoms with Crippen molar-refractivity contribution in [2.24, 2.45) is 0 Å². The van der Waals surface area contributed by atoms with Gasteiger partial charge in [-0.3, -0.25) is 4.90 Å². The van der Waals surface area contributed by atoms with Crippen LogP contribution in [0.4, 0.5) is 10.8 Å². The number of rotatable bonds is 2. The maximum Gasteiger partial charge on any atom is 0.407 e. The highest BCUT2D eigenvalue weighted by molar-refractivity contribution is 7.13. The van der Waals surface area contributed by atoms with Crippen LogP contribution in [0.25, 0.3) is 21.7 Å². The summed E-state index contributed by atoms with van der Waals surface area (Å²) in [5.41, 5.74) is 1.86. The van der Waals surface area contributed by atoms with Crippen molar-refractivity contribution in [3.63, 3.8) is 0 Å². The molecule has 2 fully saturated rings. The standard InChI is InChI=1S/C17H16N4O4S/c22-11-5-12(15-18-3-4-26-15)14-13(6-11)19-16(25-14)20-7-9-1-2-10(8-20)21(9)17(23)24/h3-6,9-10,22H,1-2,7-8H2,(H,23,24). The second-order valence-corrected chi connectivity index (χ2v) is 7.55. The van der Waals surface area contributed by atoms with Gasteiger partial charge in [-0.1, -0.05) is 0 Å². The second-order valence-electron chi connectivity index (χ2n) is 6.66. The molecule has 2 bridgehead atoms. The minimum atomic E-state index is -0.856. The highest BCUT2D eigenvalue weighted by Gasteiger charge is 2.43. The number of benzene rings is 1. The van der Waals surface area contributed by atoms with Crippen molar-refractivity contribution < 1.29 is 19.4 Å². The molecule has 2 aromatic heterocycles. The maximum absolute atomic E-state index is 11.4. The molecule has 2 aliphatic heterocycles. The van der Waals surface area contributed by atoms with Crippen molar-refractivity contribution in [3.05, 3.63) is 23.7 Å². The molecule has 3 aromatic rings. The molecule has 0 aliphatic carbocycles. The number of fused-ring (bicyclic) bond motifs is 3. The van der Waals surface area contributed by atoms with Crippen LogP contribution < -0.4 is 4.90 Å². The first-order chi connectivity index (χ1) is 12.6. The zero-order chi connectivity index (χ0) is 17.8. The Hall–Kier alpha value is -2.81. The van der Waals surface area contributed by atoms with E-state index in [-0.39, 0.29) is 17.8 Å². The van der Waals surface area contributed by atoms with E-state index in [1.165, 1.54) is 11.3 Å². The summed E-state index contributed by atoms with van der Waals surface area (Å²) in [4.78, 5) is 23.9. The van der Waals surface area contributed by atoms with Crippen LogP contribution in [0.3, 0.4) is 0 Å². The van der Waals surface area contributed by atoms with E-state index in [0.717, 1.165) is 17.8 Å². The number of nitrogens with zero attached hydrogens (tertiary/aromatic N) is 4. The topological polar surface area (TPSA) is 103 Å². The van der Waals surface area contributed by atoms with Crippen LogP contribution in [0.5, 0.6) is 5.75 Å². The average Bonchev–Trinajstić information content (AvgIpc) is 3.32. The molecule has 0 saturated carbocycles. The van der Waals surface area contributed by atoms with E-state index in [9.17, 15) is 15.0 Å². The number of aromatic hydroxyl groups is 1. The number of phenolic OH excluding ortho intramolecular Hbond substituents is 1. The average molecular weight is 372 g/mol. The molecule has 0 spiro atoms. The minimum absolute atomic E-state index is 0.0342. The molecular formula is C17H16N4O4S. The van der Waals surface area contributed by atoms with Gasteiger partial charge in [-0.2, -0.15) is 4.98 Å². The zero-order valence-corrected chi connectivity index (χ0v) is 14.5. The van der Waals surface area contributed by atoms with Crippen molar-refractivity contribution >= 4 is 34.5 Å². The van der Waals surface area contributed by atoms with Gasteiger partial charge in [0.05, 0.1) is 17.6 Å². The van der Waals surface area contributed by atoms with Crippen LogP contribution in [-0.4, -0.2) is 56.3 Å². The summed E-state index contributed by atoms with van der Waals surface area (Å²) in [5.74, 6) is 0.110. The van der Waals surface area contributed by atoms with Crippen molar-refractivity contribution in [2.75, 3.05) is 18.0 Å². The van der Waals surface area contributed by atoms with Gasteiger partial charge in [-0.25, -0.2) is 9.78 Å². The molecule has 2 unspecified atom stereocenters. The van der Waals surface area contributed by atoms with Crippen molar-refractivity contribution in [1.29, 1.82) is 0 Å². The fourth-order valence-electron chi connectivity index (χ4n) is 4.03. The van der Waals surface area contributed by atoms with Gasteiger partial charge in [0.15, 0.2) is 5.58 Å². The first-order valence-electron chi connectivity index (χ1n) is 8.40. The van der Waals surface area contributed by atoms with Crippen LogP contribution in [0.15, 0.2) is 28.1 Å². The monoisotopic (exact) mass is 372 g/mol. The molecule has 4 heterocycles. The van der Waals surface area contributed by atoms with E-state index < -0.39 is 6.09 Å². The largest absolute Gasteiger partial charge is 0.508 e. The Morgan fingerprint density at radius 3 is 2.69 bits per heavy atom. The molecule has 8 nitrogen and oxygen atoms in total. The number of phenols is 1. The molecule has 9 heteroatoms. The quantitative estimate of drug-likeness (QED) is 0.713. The van der Waals surface area contributed by atoms with E-state index in [2.05, 4.69) is 9.97 Å². The fourth-order valence-corrected chi connectivity index (χ4v) is 4.68. The van der Waals surface area contributed by atoms with Gasteiger partial charge in [0.1, 0.15) is 16.3 Å². The Kier molecular flexibility index (Phi) is 3.33. The lowest BCUT2D eigenvalue weighted by Gasteiger charge is -2.38. The molecule has 1 aromatic carbocycles. The minimum Gasteiger partial charge on any atom is -0.508 e. The lowest BCUT2D eigenvalue weighted by molar-refractivity contribution is 0.114. The van der Waals surface area contributed by atoms with Crippen LogP contribution in [0.2, 0.25) is 0 Å². The molecule has 1 amide bonds. The summed E-state index contributed by atoms with van der Waals surface area (Å²) < 4.78 is 6.04. The smallest absolute Gasteiger partial charge is 0.407 e. The number of anilines is 1. The van der Waals surface area contributed by atoms with Crippen molar-refractivity contribution in [3.8, 4) is 16.3 Å². The Labute approximate surface area is 152 Å². The van der Waals surface area contributed by atoms with Crippen LogP contribution in [-0.2, 0) is 0 Å². The number of piperazine rings is 1. The van der Waals surface area contributed by atoms with E-state index >= 15 is 0 Å². The molecule has 2 saturated heterocycles. The van der Waals surface area contributed by atoms with Crippen molar-refractivity contribution in [2.45, 2.75) is 24.9 Å². The van der Waals surface area contributed by atoms with Crippen LogP contribution >= 0.6 is 11.3 Å². The summed E-state index contributed by atoms with van der Waals surface area (Å²) in [6.45, 7) is 1.13. The highest BCUT2D eigenvalue weighted by atomic mass is 32.1. The lowest BCUT2D eigenvalue weighted by atomic mass is 10.2. The number of hydrogen-bond donors (Lipinski definition) is 2. The van der Waals surface area contributed by atoms with E-state index in [1.807, 2.05) is 10.3 Å². The van der Waals surface area contributed by atoms with Gasteiger partial charge < -0.3 is 19.5 Å². The highest BCUT2D eigenvalue weighted by Crippen LogP contribution is 2.38. The van der Waals surface area contributed by atoms with Crippen LogP contribution in [0.1, 0.15) is 12.8 Å². The molecule has 5 rings (SSSR count). The summed E-state index contributed by atoms with van der Waals surface area (Å²) in [5, 5.41) is 22.0. The Morgan fingerprint density at radius 2 is 2.04 bits per heavy atom. The van der Waals surface area contributed by atoms with Crippen LogP contribution in [0, 0.1) is 0 Å².